The summed E-state index contributed by atoms with van der Waals surface area (Å²) in [4.78, 5) is 0. The van der Waals surface area contributed by atoms with Crippen molar-refractivity contribution in [2.75, 3.05) is 40.0 Å². The predicted molar refractivity (Wildman–Crippen MR) is 71.3 cm³/mol. The van der Waals surface area contributed by atoms with Gasteiger partial charge in [-0.1, -0.05) is 26.7 Å². The van der Waals surface area contributed by atoms with Gasteiger partial charge in [0, 0.05) is 32.2 Å². The Labute approximate surface area is 106 Å². The topological polar surface area (TPSA) is 30.5 Å². The fourth-order valence-corrected chi connectivity index (χ4v) is 2.83. The molecule has 0 amide bonds. The lowest BCUT2D eigenvalue weighted by Gasteiger charge is -2.42. The zero-order valence-electron chi connectivity index (χ0n) is 11.8. The summed E-state index contributed by atoms with van der Waals surface area (Å²) in [5.74, 6) is 0.739. The number of nitrogens with one attached hydrogen (secondary N) is 1. The molecule has 1 rings (SSSR count). The first kappa shape index (κ1) is 14.9. The molecule has 17 heavy (non-hydrogen) atoms. The highest BCUT2D eigenvalue weighted by Crippen LogP contribution is 2.38. The molecule has 2 unspecified atom stereocenters. The molecule has 0 aromatic heterocycles. The minimum atomic E-state index is 0.349. The van der Waals surface area contributed by atoms with Crippen molar-refractivity contribution in [1.29, 1.82) is 0 Å². The van der Waals surface area contributed by atoms with Crippen molar-refractivity contribution in [2.45, 2.75) is 39.5 Å². The van der Waals surface area contributed by atoms with Crippen LogP contribution in [-0.2, 0) is 9.47 Å². The van der Waals surface area contributed by atoms with Crippen LogP contribution in [0.1, 0.15) is 39.5 Å². The first-order valence-electron chi connectivity index (χ1n) is 7.02. The molecule has 2 atom stereocenters. The third-order valence-electron chi connectivity index (χ3n) is 4.08. The van der Waals surface area contributed by atoms with Gasteiger partial charge in [-0.2, -0.15) is 0 Å². The van der Waals surface area contributed by atoms with Crippen molar-refractivity contribution in [3.63, 3.8) is 0 Å². The average Bonchev–Trinajstić information content (AvgIpc) is 2.36. The Bertz CT molecular complexity index is 191. The third kappa shape index (κ3) is 4.57. The molecule has 1 saturated heterocycles. The van der Waals surface area contributed by atoms with E-state index in [1.165, 1.54) is 25.7 Å². The van der Waals surface area contributed by atoms with Crippen molar-refractivity contribution in [1.82, 2.24) is 5.32 Å². The molecule has 1 aliphatic rings. The zero-order chi connectivity index (χ0) is 12.6. The lowest BCUT2D eigenvalue weighted by Crippen LogP contribution is -2.46. The molecular formula is C14H29NO2. The summed E-state index contributed by atoms with van der Waals surface area (Å²) in [7, 11) is 1.75. The van der Waals surface area contributed by atoms with Gasteiger partial charge in [-0.25, -0.2) is 0 Å². The van der Waals surface area contributed by atoms with E-state index in [0.29, 0.717) is 5.41 Å². The fraction of sp³-hybridized carbons (Fsp3) is 1.00. The van der Waals surface area contributed by atoms with Crippen molar-refractivity contribution < 1.29 is 9.47 Å². The molecule has 3 nitrogen and oxygen atoms in total. The van der Waals surface area contributed by atoms with Gasteiger partial charge in [0.1, 0.15) is 0 Å². The number of ether oxygens (including phenoxy) is 2. The van der Waals surface area contributed by atoms with Gasteiger partial charge in [0.15, 0.2) is 0 Å². The Hall–Kier alpha value is -0.120. The molecule has 0 spiro atoms. The summed E-state index contributed by atoms with van der Waals surface area (Å²) in [6.07, 6.45) is 5.07. The highest BCUT2D eigenvalue weighted by Gasteiger charge is 2.37. The van der Waals surface area contributed by atoms with Gasteiger partial charge in [0.2, 0.25) is 0 Å². The maximum Gasteiger partial charge on any atom is 0.0587 e. The summed E-state index contributed by atoms with van der Waals surface area (Å²) in [5.41, 5.74) is 0.349. The van der Waals surface area contributed by atoms with E-state index in [-0.39, 0.29) is 0 Å². The Kier molecular flexibility index (Phi) is 7.09. The van der Waals surface area contributed by atoms with E-state index in [2.05, 4.69) is 19.2 Å². The Morgan fingerprint density at radius 3 is 2.88 bits per heavy atom. The molecule has 1 aliphatic heterocycles. The lowest BCUT2D eigenvalue weighted by atomic mass is 9.70. The Balaban J connectivity index is 2.45. The minimum absolute atomic E-state index is 0.349. The quantitative estimate of drug-likeness (QED) is 0.664. The van der Waals surface area contributed by atoms with Crippen LogP contribution in [0.2, 0.25) is 0 Å². The number of rotatable bonds is 8. The predicted octanol–water partition coefficient (Wildman–Crippen LogP) is 2.46. The molecule has 1 heterocycles. The van der Waals surface area contributed by atoms with Gasteiger partial charge in [-0.05, 0) is 18.8 Å². The monoisotopic (exact) mass is 243 g/mol. The van der Waals surface area contributed by atoms with Crippen molar-refractivity contribution >= 4 is 0 Å². The van der Waals surface area contributed by atoms with E-state index in [9.17, 15) is 0 Å². The van der Waals surface area contributed by atoms with Gasteiger partial charge in [-0.3, -0.25) is 0 Å². The van der Waals surface area contributed by atoms with E-state index in [0.717, 1.165) is 38.8 Å². The highest BCUT2D eigenvalue weighted by molar-refractivity contribution is 4.88. The highest BCUT2D eigenvalue weighted by atomic mass is 16.5. The summed E-state index contributed by atoms with van der Waals surface area (Å²) >= 11 is 0. The molecule has 102 valence electrons. The summed E-state index contributed by atoms with van der Waals surface area (Å²) in [5, 5.41) is 3.53. The second kappa shape index (κ2) is 8.06. The minimum Gasteiger partial charge on any atom is -0.383 e. The summed E-state index contributed by atoms with van der Waals surface area (Å²) in [6.45, 7) is 9.32. The molecular weight excluding hydrogens is 214 g/mol. The maximum atomic E-state index is 5.74. The van der Waals surface area contributed by atoms with E-state index in [1.54, 1.807) is 7.11 Å². The molecule has 1 fully saturated rings. The molecule has 0 aliphatic carbocycles. The van der Waals surface area contributed by atoms with Crippen LogP contribution in [-0.4, -0.2) is 40.0 Å². The third-order valence-corrected chi connectivity index (χ3v) is 4.08. The molecule has 0 radical (unpaired) electrons. The van der Waals surface area contributed by atoms with Crippen LogP contribution in [0.25, 0.3) is 0 Å². The molecule has 1 N–H and O–H groups in total. The molecule has 3 heteroatoms. The van der Waals surface area contributed by atoms with Crippen LogP contribution < -0.4 is 5.32 Å². The van der Waals surface area contributed by atoms with Crippen molar-refractivity contribution in [3.05, 3.63) is 0 Å². The van der Waals surface area contributed by atoms with E-state index in [1.807, 2.05) is 0 Å². The number of hydrogen-bond donors (Lipinski definition) is 1. The largest absolute Gasteiger partial charge is 0.383 e. The van der Waals surface area contributed by atoms with Crippen molar-refractivity contribution in [2.24, 2.45) is 11.3 Å². The van der Waals surface area contributed by atoms with Gasteiger partial charge in [0.05, 0.1) is 13.2 Å². The van der Waals surface area contributed by atoms with Gasteiger partial charge in [-0.15, -0.1) is 0 Å². The van der Waals surface area contributed by atoms with Gasteiger partial charge in [0.25, 0.3) is 0 Å². The van der Waals surface area contributed by atoms with Crippen LogP contribution in [0.3, 0.4) is 0 Å². The average molecular weight is 243 g/mol. The maximum absolute atomic E-state index is 5.74. The van der Waals surface area contributed by atoms with Crippen LogP contribution >= 0.6 is 0 Å². The van der Waals surface area contributed by atoms with Gasteiger partial charge >= 0.3 is 0 Å². The summed E-state index contributed by atoms with van der Waals surface area (Å²) < 4.78 is 10.8. The first-order valence-corrected chi connectivity index (χ1v) is 7.02. The molecule has 0 aromatic rings. The molecule has 0 aromatic carbocycles. The van der Waals surface area contributed by atoms with E-state index >= 15 is 0 Å². The second-order valence-corrected chi connectivity index (χ2v) is 5.38. The van der Waals surface area contributed by atoms with Crippen molar-refractivity contribution in [3.8, 4) is 0 Å². The summed E-state index contributed by atoms with van der Waals surface area (Å²) in [6, 6.07) is 0. The SMILES string of the molecule is CCCC(C)C1(CNCCOC)CCCOC1. The number of methoxy groups -OCH3 is 1. The van der Waals surface area contributed by atoms with Gasteiger partial charge < -0.3 is 14.8 Å². The standard InChI is InChI=1S/C14H29NO2/c1-4-6-13(2)14(7-5-9-17-12-14)11-15-8-10-16-3/h13,15H,4-12H2,1-3H3. The van der Waals surface area contributed by atoms with Crippen LogP contribution in [0.5, 0.6) is 0 Å². The van der Waals surface area contributed by atoms with E-state index in [4.69, 9.17) is 9.47 Å². The first-order chi connectivity index (χ1) is 8.25. The lowest BCUT2D eigenvalue weighted by molar-refractivity contribution is -0.0400. The molecule has 0 bridgehead atoms. The normalized spacial score (nSPS) is 27.0. The van der Waals surface area contributed by atoms with Crippen LogP contribution in [0.4, 0.5) is 0 Å². The second-order valence-electron chi connectivity index (χ2n) is 5.38. The van der Waals surface area contributed by atoms with E-state index < -0.39 is 0 Å². The number of hydrogen-bond acceptors (Lipinski definition) is 3. The fourth-order valence-electron chi connectivity index (χ4n) is 2.83. The smallest absolute Gasteiger partial charge is 0.0587 e. The zero-order valence-corrected chi connectivity index (χ0v) is 11.8. The van der Waals surface area contributed by atoms with Crippen LogP contribution in [0, 0.1) is 11.3 Å². The van der Waals surface area contributed by atoms with Crippen LogP contribution in [0.15, 0.2) is 0 Å². The Morgan fingerprint density at radius 2 is 2.29 bits per heavy atom. The Morgan fingerprint density at radius 1 is 1.47 bits per heavy atom. The molecule has 0 saturated carbocycles.